The minimum atomic E-state index is -0.0419. The van der Waals surface area contributed by atoms with Crippen molar-refractivity contribution in [3.8, 4) is 0 Å². The van der Waals surface area contributed by atoms with Crippen LogP contribution in [0.25, 0.3) is 5.65 Å². The minimum absolute atomic E-state index is 0.0419. The summed E-state index contributed by atoms with van der Waals surface area (Å²) < 4.78 is 3.51. The number of hydrogen-bond acceptors (Lipinski definition) is 4. The molecule has 3 aromatic rings. The fourth-order valence-corrected chi connectivity index (χ4v) is 4.54. The molecule has 0 radical (unpaired) electrons. The third-order valence-electron chi connectivity index (χ3n) is 5.57. The third kappa shape index (κ3) is 2.57. The molecule has 2 bridgehead atoms. The molecule has 0 amide bonds. The van der Waals surface area contributed by atoms with Gasteiger partial charge in [-0.3, -0.25) is 18.9 Å². The van der Waals surface area contributed by atoms with E-state index in [0.717, 1.165) is 37.4 Å². The maximum atomic E-state index is 12.3. The molecule has 26 heavy (non-hydrogen) atoms. The van der Waals surface area contributed by atoms with Crippen molar-refractivity contribution in [2.45, 2.75) is 25.4 Å². The van der Waals surface area contributed by atoms with Crippen molar-refractivity contribution in [1.29, 1.82) is 0 Å². The van der Waals surface area contributed by atoms with Crippen molar-refractivity contribution in [3.05, 3.63) is 80.8 Å². The fourth-order valence-electron chi connectivity index (χ4n) is 4.54. The molecule has 6 heteroatoms. The summed E-state index contributed by atoms with van der Waals surface area (Å²) in [6.07, 6.45) is 2.88. The Kier molecular flexibility index (Phi) is 3.53. The highest BCUT2D eigenvalue weighted by Gasteiger charge is 2.34. The molecule has 1 saturated heterocycles. The molecule has 2 aliphatic rings. The quantitative estimate of drug-likeness (QED) is 0.704. The summed E-state index contributed by atoms with van der Waals surface area (Å²) in [4.78, 5) is 31.5. The van der Waals surface area contributed by atoms with Crippen molar-refractivity contribution in [2.24, 2.45) is 5.92 Å². The molecular formula is C20H20N4O2. The highest BCUT2D eigenvalue weighted by atomic mass is 16.1. The van der Waals surface area contributed by atoms with Crippen LogP contribution in [0.2, 0.25) is 0 Å². The SMILES string of the molecule is O=c1cccc2n1C[C@H]1C[C@@H]2CN(Cc2cc(=O)n3ccccc3n2)C1. The van der Waals surface area contributed by atoms with E-state index in [1.165, 1.54) is 0 Å². The zero-order valence-electron chi connectivity index (χ0n) is 14.4. The summed E-state index contributed by atoms with van der Waals surface area (Å²) in [5.74, 6) is 0.848. The standard InChI is InChI=1S/C20H20N4O2/c25-19-6-3-4-17-15-8-14(11-24(17)19)10-22(12-15)13-16-9-20(26)23-7-2-1-5-18(23)21-16/h1-7,9,14-15H,8,10-13H2/t14-,15+/m0/s1. The Hall–Kier alpha value is -2.73. The van der Waals surface area contributed by atoms with E-state index in [-0.39, 0.29) is 11.1 Å². The molecule has 2 aliphatic heterocycles. The van der Waals surface area contributed by atoms with Crippen LogP contribution in [-0.2, 0) is 13.1 Å². The van der Waals surface area contributed by atoms with E-state index in [0.29, 0.717) is 24.0 Å². The second-order valence-corrected chi connectivity index (χ2v) is 7.41. The molecule has 0 saturated carbocycles. The first-order valence-corrected chi connectivity index (χ1v) is 9.07. The zero-order valence-corrected chi connectivity index (χ0v) is 14.4. The van der Waals surface area contributed by atoms with E-state index in [1.54, 1.807) is 22.7 Å². The number of likely N-dealkylation sites (tertiary alicyclic amines) is 1. The van der Waals surface area contributed by atoms with Crippen molar-refractivity contribution in [2.75, 3.05) is 13.1 Å². The molecule has 5 heterocycles. The second kappa shape index (κ2) is 5.92. The Labute approximate surface area is 150 Å². The van der Waals surface area contributed by atoms with Crippen LogP contribution in [-0.4, -0.2) is 31.9 Å². The summed E-state index contributed by atoms with van der Waals surface area (Å²) in [5.41, 5.74) is 2.70. The van der Waals surface area contributed by atoms with Crippen molar-refractivity contribution >= 4 is 5.65 Å². The van der Waals surface area contributed by atoms with Crippen molar-refractivity contribution < 1.29 is 0 Å². The third-order valence-corrected chi connectivity index (χ3v) is 5.57. The normalized spacial score (nSPS) is 22.3. The van der Waals surface area contributed by atoms with Gasteiger partial charge < -0.3 is 4.57 Å². The van der Waals surface area contributed by atoms with Crippen LogP contribution in [0.1, 0.15) is 23.7 Å². The van der Waals surface area contributed by atoms with Gasteiger partial charge in [0.25, 0.3) is 11.1 Å². The van der Waals surface area contributed by atoms with Gasteiger partial charge in [0.15, 0.2) is 0 Å². The van der Waals surface area contributed by atoms with Gasteiger partial charge in [0, 0.05) is 56.1 Å². The molecule has 2 atom stereocenters. The second-order valence-electron chi connectivity index (χ2n) is 7.41. The smallest absolute Gasteiger partial charge is 0.258 e. The number of hydrogen-bond donors (Lipinski definition) is 0. The lowest BCUT2D eigenvalue weighted by Gasteiger charge is -2.42. The summed E-state index contributed by atoms with van der Waals surface area (Å²) in [6.45, 7) is 3.30. The zero-order chi connectivity index (χ0) is 17.7. The summed E-state index contributed by atoms with van der Waals surface area (Å²) >= 11 is 0. The molecular weight excluding hydrogens is 328 g/mol. The van der Waals surface area contributed by atoms with E-state index in [2.05, 4.69) is 16.0 Å². The summed E-state index contributed by atoms with van der Waals surface area (Å²) in [5, 5.41) is 0. The first-order valence-electron chi connectivity index (χ1n) is 9.07. The number of piperidine rings is 1. The van der Waals surface area contributed by atoms with Gasteiger partial charge in [-0.15, -0.1) is 0 Å². The number of aromatic nitrogens is 3. The van der Waals surface area contributed by atoms with Crippen LogP contribution in [0.5, 0.6) is 0 Å². The van der Waals surface area contributed by atoms with Gasteiger partial charge in [0.05, 0.1) is 5.69 Å². The fraction of sp³-hybridized carbons (Fsp3) is 0.350. The Morgan fingerprint density at radius 3 is 2.85 bits per heavy atom. The van der Waals surface area contributed by atoms with Crippen LogP contribution in [0.4, 0.5) is 0 Å². The molecule has 6 nitrogen and oxygen atoms in total. The minimum Gasteiger partial charge on any atom is -0.312 e. The van der Waals surface area contributed by atoms with Gasteiger partial charge in [0.2, 0.25) is 0 Å². The van der Waals surface area contributed by atoms with Gasteiger partial charge in [0.1, 0.15) is 5.65 Å². The van der Waals surface area contributed by atoms with Gasteiger partial charge in [-0.1, -0.05) is 12.1 Å². The Morgan fingerprint density at radius 2 is 1.92 bits per heavy atom. The van der Waals surface area contributed by atoms with Crippen LogP contribution in [0.3, 0.4) is 0 Å². The Morgan fingerprint density at radius 1 is 1.00 bits per heavy atom. The predicted molar refractivity (Wildman–Crippen MR) is 98.3 cm³/mol. The van der Waals surface area contributed by atoms with Crippen LogP contribution >= 0.6 is 0 Å². The van der Waals surface area contributed by atoms with E-state index >= 15 is 0 Å². The molecule has 0 spiro atoms. The monoisotopic (exact) mass is 348 g/mol. The Bertz CT molecular complexity index is 1100. The highest BCUT2D eigenvalue weighted by molar-refractivity contribution is 5.38. The maximum Gasteiger partial charge on any atom is 0.258 e. The lowest BCUT2D eigenvalue weighted by Crippen LogP contribution is -2.46. The van der Waals surface area contributed by atoms with Gasteiger partial charge in [-0.25, -0.2) is 4.98 Å². The molecule has 5 rings (SSSR count). The summed E-state index contributed by atoms with van der Waals surface area (Å²) in [6, 6.07) is 12.8. The molecule has 0 aromatic carbocycles. The number of pyridine rings is 2. The first kappa shape index (κ1) is 15.5. The maximum absolute atomic E-state index is 12.3. The van der Waals surface area contributed by atoms with Gasteiger partial charge >= 0.3 is 0 Å². The molecule has 0 unspecified atom stereocenters. The molecule has 1 fully saturated rings. The lowest BCUT2D eigenvalue weighted by molar-refractivity contribution is 0.113. The molecule has 0 N–H and O–H groups in total. The van der Waals surface area contributed by atoms with Crippen LogP contribution in [0.15, 0.2) is 58.3 Å². The number of nitrogens with zero attached hydrogens (tertiary/aromatic N) is 4. The largest absolute Gasteiger partial charge is 0.312 e. The first-order chi connectivity index (χ1) is 12.7. The van der Waals surface area contributed by atoms with Crippen LogP contribution < -0.4 is 11.1 Å². The van der Waals surface area contributed by atoms with E-state index < -0.39 is 0 Å². The van der Waals surface area contributed by atoms with E-state index in [1.807, 2.05) is 28.8 Å². The molecule has 3 aromatic heterocycles. The average molecular weight is 348 g/mol. The summed E-state index contributed by atoms with van der Waals surface area (Å²) in [7, 11) is 0. The van der Waals surface area contributed by atoms with Crippen LogP contribution in [0, 0.1) is 5.92 Å². The highest BCUT2D eigenvalue weighted by Crippen LogP contribution is 2.35. The topological polar surface area (TPSA) is 59.6 Å². The van der Waals surface area contributed by atoms with Crippen molar-refractivity contribution in [1.82, 2.24) is 18.9 Å². The molecule has 0 aliphatic carbocycles. The van der Waals surface area contributed by atoms with Crippen molar-refractivity contribution in [3.63, 3.8) is 0 Å². The van der Waals surface area contributed by atoms with E-state index in [4.69, 9.17) is 0 Å². The average Bonchev–Trinajstić information content (AvgIpc) is 2.63. The number of fused-ring (bicyclic) bond motifs is 5. The van der Waals surface area contributed by atoms with Gasteiger partial charge in [-0.05, 0) is 30.5 Å². The lowest BCUT2D eigenvalue weighted by atomic mass is 9.83. The van der Waals surface area contributed by atoms with Gasteiger partial charge in [-0.2, -0.15) is 0 Å². The van der Waals surface area contributed by atoms with E-state index in [9.17, 15) is 9.59 Å². The molecule has 132 valence electrons. The number of rotatable bonds is 2. The Balaban J connectivity index is 1.43. The predicted octanol–water partition coefficient (Wildman–Crippen LogP) is 1.48.